The van der Waals surface area contributed by atoms with Crippen molar-refractivity contribution in [2.24, 2.45) is 7.05 Å². The van der Waals surface area contributed by atoms with Crippen molar-refractivity contribution in [2.75, 3.05) is 5.73 Å². The van der Waals surface area contributed by atoms with Gasteiger partial charge in [0, 0.05) is 36.8 Å². The van der Waals surface area contributed by atoms with Crippen LogP contribution in [0.4, 0.5) is 5.82 Å². The van der Waals surface area contributed by atoms with Crippen molar-refractivity contribution in [3.05, 3.63) is 36.9 Å². The first-order valence-electron chi connectivity index (χ1n) is 5.49. The van der Waals surface area contributed by atoms with E-state index in [1.54, 1.807) is 23.3 Å². The minimum absolute atomic E-state index is 0.460. The standard InChI is InChI=1S/C12H12N6/c1-18-7-9(6-15-18)11-10(12(13)17-16-11)8-3-2-4-14-5-8/h2-7H,1H3,(H3,13,16,17). The summed E-state index contributed by atoms with van der Waals surface area (Å²) in [4.78, 5) is 4.10. The molecule has 0 bridgehead atoms. The number of hydrogen-bond donors (Lipinski definition) is 2. The zero-order valence-corrected chi connectivity index (χ0v) is 9.83. The number of nitrogens with one attached hydrogen (secondary N) is 1. The molecule has 0 radical (unpaired) electrons. The third-order valence-electron chi connectivity index (χ3n) is 2.74. The maximum Gasteiger partial charge on any atom is 0.153 e. The molecule has 3 rings (SSSR count). The molecule has 90 valence electrons. The number of rotatable bonds is 2. The molecule has 3 aromatic rings. The molecule has 6 nitrogen and oxygen atoms in total. The molecule has 0 amide bonds. The van der Waals surface area contributed by atoms with Crippen LogP contribution in [0.25, 0.3) is 22.4 Å². The summed E-state index contributed by atoms with van der Waals surface area (Å²) < 4.78 is 1.74. The van der Waals surface area contributed by atoms with Crippen molar-refractivity contribution in [1.29, 1.82) is 0 Å². The molecular formula is C12H12N6. The lowest BCUT2D eigenvalue weighted by molar-refractivity contribution is 0.768. The summed E-state index contributed by atoms with van der Waals surface area (Å²) in [6.07, 6.45) is 7.17. The Morgan fingerprint density at radius 2 is 2.17 bits per heavy atom. The molecule has 0 saturated carbocycles. The summed E-state index contributed by atoms with van der Waals surface area (Å²) in [5.74, 6) is 0.460. The summed E-state index contributed by atoms with van der Waals surface area (Å²) in [6, 6.07) is 3.82. The Labute approximate surface area is 103 Å². The Morgan fingerprint density at radius 1 is 1.28 bits per heavy atom. The van der Waals surface area contributed by atoms with Gasteiger partial charge in [-0.05, 0) is 6.07 Å². The normalized spacial score (nSPS) is 10.7. The quantitative estimate of drug-likeness (QED) is 0.710. The molecule has 0 atom stereocenters. The average molecular weight is 240 g/mol. The summed E-state index contributed by atoms with van der Waals surface area (Å²) in [7, 11) is 1.87. The molecule has 0 spiro atoms. The van der Waals surface area contributed by atoms with Gasteiger partial charge in [-0.3, -0.25) is 14.8 Å². The Balaban J connectivity index is 2.18. The number of hydrogen-bond acceptors (Lipinski definition) is 4. The fourth-order valence-corrected chi connectivity index (χ4v) is 1.92. The maximum absolute atomic E-state index is 5.92. The molecule has 0 saturated heterocycles. The smallest absolute Gasteiger partial charge is 0.153 e. The van der Waals surface area contributed by atoms with E-state index in [-0.39, 0.29) is 0 Å². The van der Waals surface area contributed by atoms with E-state index in [1.807, 2.05) is 25.4 Å². The highest BCUT2D eigenvalue weighted by Crippen LogP contribution is 2.33. The van der Waals surface area contributed by atoms with Crippen molar-refractivity contribution < 1.29 is 0 Å². The van der Waals surface area contributed by atoms with Gasteiger partial charge >= 0.3 is 0 Å². The molecule has 3 aromatic heterocycles. The van der Waals surface area contributed by atoms with Gasteiger partial charge in [-0.15, -0.1) is 0 Å². The third kappa shape index (κ3) is 1.64. The molecule has 0 aliphatic heterocycles. The first kappa shape index (κ1) is 10.5. The van der Waals surface area contributed by atoms with Gasteiger partial charge in [0.2, 0.25) is 0 Å². The van der Waals surface area contributed by atoms with Crippen molar-refractivity contribution in [3.63, 3.8) is 0 Å². The first-order chi connectivity index (χ1) is 8.75. The second-order valence-electron chi connectivity index (χ2n) is 4.00. The predicted octanol–water partition coefficient (Wildman–Crippen LogP) is 1.45. The van der Waals surface area contributed by atoms with Gasteiger partial charge < -0.3 is 5.73 Å². The molecule has 0 fully saturated rings. The van der Waals surface area contributed by atoms with Crippen LogP contribution in [0.2, 0.25) is 0 Å². The number of aromatic amines is 1. The van der Waals surface area contributed by atoms with Crippen LogP contribution in [-0.2, 0) is 7.05 Å². The SMILES string of the molecule is Cn1cc(-c2[nH]nc(N)c2-c2cccnc2)cn1. The van der Waals surface area contributed by atoms with Crippen molar-refractivity contribution in [1.82, 2.24) is 25.0 Å². The lowest BCUT2D eigenvalue weighted by atomic mass is 10.0. The summed E-state index contributed by atoms with van der Waals surface area (Å²) in [5, 5.41) is 11.2. The topological polar surface area (TPSA) is 85.4 Å². The van der Waals surface area contributed by atoms with E-state index >= 15 is 0 Å². The van der Waals surface area contributed by atoms with Gasteiger partial charge in [-0.1, -0.05) is 6.07 Å². The van der Waals surface area contributed by atoms with Gasteiger partial charge in [0.1, 0.15) is 0 Å². The van der Waals surface area contributed by atoms with Crippen molar-refractivity contribution in [3.8, 4) is 22.4 Å². The summed E-state index contributed by atoms with van der Waals surface area (Å²) in [5.41, 5.74) is 9.51. The Bertz CT molecular complexity index is 667. The molecule has 0 aliphatic carbocycles. The van der Waals surface area contributed by atoms with Crippen LogP contribution in [-0.4, -0.2) is 25.0 Å². The Morgan fingerprint density at radius 3 is 2.83 bits per heavy atom. The number of nitrogen functional groups attached to an aromatic ring is 1. The Kier molecular flexibility index (Phi) is 2.33. The molecule has 3 heterocycles. The first-order valence-corrected chi connectivity index (χ1v) is 5.49. The number of nitrogens with two attached hydrogens (primary N) is 1. The highest BCUT2D eigenvalue weighted by molar-refractivity contribution is 5.87. The fraction of sp³-hybridized carbons (Fsp3) is 0.0833. The van der Waals surface area contributed by atoms with E-state index in [1.165, 1.54) is 0 Å². The monoisotopic (exact) mass is 240 g/mol. The van der Waals surface area contributed by atoms with Crippen molar-refractivity contribution >= 4 is 5.82 Å². The van der Waals surface area contributed by atoms with E-state index in [0.717, 1.165) is 22.4 Å². The zero-order valence-electron chi connectivity index (χ0n) is 9.83. The molecular weight excluding hydrogens is 228 g/mol. The molecule has 0 aliphatic rings. The van der Waals surface area contributed by atoms with Crippen LogP contribution in [0.3, 0.4) is 0 Å². The summed E-state index contributed by atoms with van der Waals surface area (Å²) >= 11 is 0. The molecule has 3 N–H and O–H groups in total. The second-order valence-corrected chi connectivity index (χ2v) is 4.00. The largest absolute Gasteiger partial charge is 0.382 e. The fourth-order valence-electron chi connectivity index (χ4n) is 1.92. The minimum atomic E-state index is 0.460. The van der Waals surface area contributed by atoms with Crippen LogP contribution in [0.5, 0.6) is 0 Å². The van der Waals surface area contributed by atoms with Crippen LogP contribution in [0, 0.1) is 0 Å². The highest BCUT2D eigenvalue weighted by Gasteiger charge is 2.15. The third-order valence-corrected chi connectivity index (χ3v) is 2.74. The maximum atomic E-state index is 5.92. The lowest BCUT2D eigenvalue weighted by Crippen LogP contribution is -1.89. The van der Waals surface area contributed by atoms with Gasteiger partial charge in [-0.25, -0.2) is 0 Å². The van der Waals surface area contributed by atoms with Gasteiger partial charge in [0.25, 0.3) is 0 Å². The minimum Gasteiger partial charge on any atom is -0.382 e. The number of aromatic nitrogens is 5. The van der Waals surface area contributed by atoms with Crippen LogP contribution >= 0.6 is 0 Å². The van der Waals surface area contributed by atoms with Gasteiger partial charge in [-0.2, -0.15) is 10.2 Å². The average Bonchev–Trinajstić information content (AvgIpc) is 2.96. The highest BCUT2D eigenvalue weighted by atomic mass is 15.2. The van der Waals surface area contributed by atoms with E-state index in [4.69, 9.17) is 5.73 Å². The second kappa shape index (κ2) is 3.99. The zero-order chi connectivity index (χ0) is 12.5. The van der Waals surface area contributed by atoms with Gasteiger partial charge in [0.15, 0.2) is 5.82 Å². The van der Waals surface area contributed by atoms with Crippen LogP contribution in [0.15, 0.2) is 36.9 Å². The molecule has 18 heavy (non-hydrogen) atoms. The van der Waals surface area contributed by atoms with Crippen LogP contribution < -0.4 is 5.73 Å². The van der Waals surface area contributed by atoms with Gasteiger partial charge in [0.05, 0.1) is 17.5 Å². The van der Waals surface area contributed by atoms with E-state index in [9.17, 15) is 0 Å². The number of H-pyrrole nitrogens is 1. The number of aryl methyl sites for hydroxylation is 1. The van der Waals surface area contributed by atoms with Crippen molar-refractivity contribution in [2.45, 2.75) is 0 Å². The van der Waals surface area contributed by atoms with E-state index in [2.05, 4.69) is 20.3 Å². The number of pyridine rings is 1. The van der Waals surface area contributed by atoms with E-state index in [0.29, 0.717) is 5.82 Å². The van der Waals surface area contributed by atoms with Crippen LogP contribution in [0.1, 0.15) is 0 Å². The number of anilines is 1. The molecule has 6 heteroatoms. The molecule has 0 unspecified atom stereocenters. The van der Waals surface area contributed by atoms with E-state index < -0.39 is 0 Å². The lowest BCUT2D eigenvalue weighted by Gasteiger charge is -2.01. The predicted molar refractivity (Wildman–Crippen MR) is 68.4 cm³/mol. The number of nitrogens with zero attached hydrogens (tertiary/aromatic N) is 4. The molecule has 0 aromatic carbocycles. The summed E-state index contributed by atoms with van der Waals surface area (Å²) in [6.45, 7) is 0. The Hall–Kier alpha value is -2.63.